The van der Waals surface area contributed by atoms with Gasteiger partial charge >= 0.3 is 0 Å². The monoisotopic (exact) mass is 383 g/mol. The zero-order valence-electron chi connectivity index (χ0n) is 13.5. The van der Waals surface area contributed by atoms with Gasteiger partial charge in [-0.05, 0) is 35.1 Å². The minimum Gasteiger partial charge on any atom is -0.339 e. The number of hydrogen-bond acceptors (Lipinski definition) is 8. The number of anilines is 1. The number of carbonyl (C=O) groups is 1. The molecule has 0 saturated heterocycles. The lowest BCUT2D eigenvalue weighted by atomic mass is 10.1. The lowest BCUT2D eigenvalue weighted by molar-refractivity contribution is -0.116. The summed E-state index contributed by atoms with van der Waals surface area (Å²) in [6.45, 7) is 0. The van der Waals surface area contributed by atoms with E-state index in [1.165, 1.54) is 11.5 Å². The van der Waals surface area contributed by atoms with Gasteiger partial charge in [0, 0.05) is 40.4 Å². The molecule has 0 atom stereocenters. The summed E-state index contributed by atoms with van der Waals surface area (Å²) < 4.78 is 9.04. The molecular formula is C17H13N5O2S2. The average Bonchev–Trinajstić information content (AvgIpc) is 3.42. The summed E-state index contributed by atoms with van der Waals surface area (Å²) in [7, 11) is 0. The Kier molecular flexibility index (Phi) is 4.80. The van der Waals surface area contributed by atoms with Gasteiger partial charge in [0.2, 0.25) is 17.6 Å². The molecule has 0 aliphatic heterocycles. The molecule has 0 spiro atoms. The number of amides is 1. The van der Waals surface area contributed by atoms with Crippen LogP contribution in [0.2, 0.25) is 0 Å². The van der Waals surface area contributed by atoms with Crippen LogP contribution in [0.4, 0.5) is 5.69 Å². The van der Waals surface area contributed by atoms with Gasteiger partial charge in [0.05, 0.1) is 0 Å². The SMILES string of the molecule is O=C(CCc1nc(-c2ccsc2)no1)Nc1ccc(-c2csnn2)cc1. The quantitative estimate of drug-likeness (QED) is 0.543. The summed E-state index contributed by atoms with van der Waals surface area (Å²) >= 11 is 2.87. The van der Waals surface area contributed by atoms with Gasteiger partial charge in [-0.25, -0.2) is 0 Å². The van der Waals surface area contributed by atoms with Crippen LogP contribution in [0, 0.1) is 0 Å². The Bertz CT molecular complexity index is 979. The van der Waals surface area contributed by atoms with Crippen molar-refractivity contribution >= 4 is 34.5 Å². The lowest BCUT2D eigenvalue weighted by Crippen LogP contribution is -2.12. The Balaban J connectivity index is 1.31. The van der Waals surface area contributed by atoms with Gasteiger partial charge in [-0.15, -0.1) is 5.10 Å². The molecule has 1 amide bonds. The van der Waals surface area contributed by atoms with Crippen LogP contribution in [0.15, 0.2) is 51.0 Å². The van der Waals surface area contributed by atoms with Crippen LogP contribution in [-0.4, -0.2) is 25.6 Å². The molecule has 130 valence electrons. The van der Waals surface area contributed by atoms with Crippen molar-refractivity contribution in [2.45, 2.75) is 12.8 Å². The Hall–Kier alpha value is -2.91. The first-order valence-corrected chi connectivity index (χ1v) is 9.58. The van der Waals surface area contributed by atoms with E-state index >= 15 is 0 Å². The van der Waals surface area contributed by atoms with E-state index in [2.05, 4.69) is 25.0 Å². The van der Waals surface area contributed by atoms with Crippen molar-refractivity contribution in [3.8, 4) is 22.6 Å². The van der Waals surface area contributed by atoms with Crippen LogP contribution in [0.3, 0.4) is 0 Å². The van der Waals surface area contributed by atoms with Crippen LogP contribution in [0.1, 0.15) is 12.3 Å². The third-order valence-corrected chi connectivity index (χ3v) is 4.83. The molecule has 3 aromatic heterocycles. The molecule has 0 fully saturated rings. The van der Waals surface area contributed by atoms with E-state index < -0.39 is 0 Å². The average molecular weight is 383 g/mol. The Morgan fingerprint density at radius 1 is 1.12 bits per heavy atom. The zero-order chi connectivity index (χ0) is 17.8. The van der Waals surface area contributed by atoms with E-state index in [9.17, 15) is 4.79 Å². The standard InChI is InChI=1S/C17H13N5O2S2/c23-15(5-6-16-19-17(21-24-16)12-7-8-25-9-12)18-13-3-1-11(2-4-13)14-10-26-22-20-14/h1-4,7-10H,5-6H2,(H,18,23). The summed E-state index contributed by atoms with van der Waals surface area (Å²) in [6.07, 6.45) is 0.661. The van der Waals surface area contributed by atoms with E-state index in [4.69, 9.17) is 4.52 Å². The fourth-order valence-electron chi connectivity index (χ4n) is 2.32. The number of rotatable bonds is 6. The second kappa shape index (κ2) is 7.54. The second-order valence-electron chi connectivity index (χ2n) is 5.44. The topological polar surface area (TPSA) is 93.8 Å². The number of aryl methyl sites for hydroxylation is 1. The molecule has 9 heteroatoms. The second-order valence-corrected chi connectivity index (χ2v) is 6.83. The van der Waals surface area contributed by atoms with Gasteiger partial charge in [-0.1, -0.05) is 21.8 Å². The first-order valence-electron chi connectivity index (χ1n) is 7.80. The number of benzene rings is 1. The fraction of sp³-hybridized carbons (Fsp3) is 0.118. The van der Waals surface area contributed by atoms with Crippen molar-refractivity contribution in [1.82, 2.24) is 19.7 Å². The molecule has 0 unspecified atom stereocenters. The highest BCUT2D eigenvalue weighted by atomic mass is 32.1. The smallest absolute Gasteiger partial charge is 0.227 e. The maximum Gasteiger partial charge on any atom is 0.227 e. The van der Waals surface area contributed by atoms with Crippen molar-refractivity contribution in [3.05, 3.63) is 52.4 Å². The van der Waals surface area contributed by atoms with Crippen LogP contribution >= 0.6 is 22.9 Å². The normalized spacial score (nSPS) is 10.8. The van der Waals surface area contributed by atoms with Crippen LogP contribution in [0.25, 0.3) is 22.6 Å². The summed E-state index contributed by atoms with van der Waals surface area (Å²) in [4.78, 5) is 16.4. The summed E-state index contributed by atoms with van der Waals surface area (Å²) in [5.74, 6) is 0.893. The summed E-state index contributed by atoms with van der Waals surface area (Å²) in [5.41, 5.74) is 3.44. The molecule has 7 nitrogen and oxygen atoms in total. The molecule has 0 saturated carbocycles. The molecule has 0 bridgehead atoms. The van der Waals surface area contributed by atoms with Crippen molar-refractivity contribution < 1.29 is 9.32 Å². The third kappa shape index (κ3) is 3.84. The Labute approximate surface area is 156 Å². The highest BCUT2D eigenvalue weighted by Gasteiger charge is 2.11. The molecule has 0 aliphatic carbocycles. The molecule has 3 heterocycles. The molecule has 4 rings (SSSR count). The maximum absolute atomic E-state index is 12.1. The minimum absolute atomic E-state index is 0.108. The first kappa shape index (κ1) is 16.6. The maximum atomic E-state index is 12.1. The number of aromatic nitrogens is 4. The van der Waals surface area contributed by atoms with Gasteiger partial charge in [0.15, 0.2) is 0 Å². The number of nitrogens with one attached hydrogen (secondary N) is 1. The molecule has 0 aliphatic rings. The van der Waals surface area contributed by atoms with Gasteiger partial charge in [-0.3, -0.25) is 4.79 Å². The fourth-order valence-corrected chi connectivity index (χ4v) is 3.42. The first-order chi connectivity index (χ1) is 12.8. The van der Waals surface area contributed by atoms with Crippen LogP contribution < -0.4 is 5.32 Å². The number of thiophene rings is 1. The Morgan fingerprint density at radius 3 is 2.73 bits per heavy atom. The number of nitrogens with zero attached hydrogens (tertiary/aromatic N) is 4. The van der Waals surface area contributed by atoms with Gasteiger partial charge < -0.3 is 9.84 Å². The largest absolute Gasteiger partial charge is 0.339 e. The van der Waals surface area contributed by atoms with E-state index in [1.807, 2.05) is 46.5 Å². The Morgan fingerprint density at radius 2 is 2.00 bits per heavy atom. The zero-order valence-corrected chi connectivity index (χ0v) is 15.1. The van der Waals surface area contributed by atoms with Gasteiger partial charge in [0.25, 0.3) is 0 Å². The molecule has 1 N–H and O–H groups in total. The van der Waals surface area contributed by atoms with E-state index in [0.29, 0.717) is 18.1 Å². The molecular weight excluding hydrogens is 370 g/mol. The lowest BCUT2D eigenvalue weighted by Gasteiger charge is -2.04. The predicted octanol–water partition coefficient (Wildman–Crippen LogP) is 3.89. The summed E-state index contributed by atoms with van der Waals surface area (Å²) in [5, 5.41) is 16.6. The van der Waals surface area contributed by atoms with Crippen LogP contribution in [-0.2, 0) is 11.2 Å². The predicted molar refractivity (Wildman–Crippen MR) is 99.9 cm³/mol. The molecule has 1 aromatic carbocycles. The molecule has 0 radical (unpaired) electrons. The van der Waals surface area contributed by atoms with Gasteiger partial charge in [-0.2, -0.15) is 16.3 Å². The summed E-state index contributed by atoms with van der Waals surface area (Å²) in [6, 6.07) is 9.41. The van der Waals surface area contributed by atoms with Crippen LogP contribution in [0.5, 0.6) is 0 Å². The number of hydrogen-bond donors (Lipinski definition) is 1. The molecule has 4 aromatic rings. The highest BCUT2D eigenvalue weighted by molar-refractivity contribution is 7.08. The van der Waals surface area contributed by atoms with Crippen molar-refractivity contribution in [2.75, 3.05) is 5.32 Å². The number of carbonyl (C=O) groups excluding carboxylic acids is 1. The van der Waals surface area contributed by atoms with Crippen molar-refractivity contribution in [3.63, 3.8) is 0 Å². The highest BCUT2D eigenvalue weighted by Crippen LogP contribution is 2.21. The minimum atomic E-state index is -0.108. The van der Waals surface area contributed by atoms with Crippen molar-refractivity contribution in [2.24, 2.45) is 0 Å². The van der Waals surface area contributed by atoms with E-state index in [-0.39, 0.29) is 12.3 Å². The third-order valence-electron chi connectivity index (χ3n) is 3.64. The molecule has 26 heavy (non-hydrogen) atoms. The van der Waals surface area contributed by atoms with E-state index in [1.54, 1.807) is 11.3 Å². The van der Waals surface area contributed by atoms with Crippen molar-refractivity contribution in [1.29, 1.82) is 0 Å². The van der Waals surface area contributed by atoms with E-state index in [0.717, 1.165) is 22.5 Å². The van der Waals surface area contributed by atoms with Gasteiger partial charge in [0.1, 0.15) is 5.69 Å².